The van der Waals surface area contributed by atoms with Crippen LogP contribution in [0.5, 0.6) is 5.88 Å². The summed E-state index contributed by atoms with van der Waals surface area (Å²) in [5, 5.41) is 10.8. The third-order valence-electron chi connectivity index (χ3n) is 3.71. The molecule has 130 valence electrons. The third kappa shape index (κ3) is 3.73. The van der Waals surface area contributed by atoms with Crippen LogP contribution in [0.3, 0.4) is 0 Å². The van der Waals surface area contributed by atoms with E-state index in [-0.39, 0.29) is 24.5 Å². The van der Waals surface area contributed by atoms with Gasteiger partial charge in [0.2, 0.25) is 0 Å². The van der Waals surface area contributed by atoms with Gasteiger partial charge >= 0.3 is 0 Å². The topological polar surface area (TPSA) is 106 Å². The molecule has 9 nitrogen and oxygen atoms in total. The van der Waals surface area contributed by atoms with Crippen molar-refractivity contribution < 1.29 is 18.8 Å². The average Bonchev–Trinajstić information content (AvgIpc) is 3.22. The first-order chi connectivity index (χ1) is 11.5. The number of rotatable bonds is 5. The maximum Gasteiger partial charge on any atom is 0.260 e. The average molecular weight is 335 g/mol. The molecule has 1 aliphatic heterocycles. The fourth-order valence-electron chi connectivity index (χ4n) is 2.37. The number of hydrogen-bond acceptors (Lipinski definition) is 7. The number of hydrogen-bond donors (Lipinski definition) is 1. The van der Waals surface area contributed by atoms with Crippen molar-refractivity contribution in [2.24, 2.45) is 0 Å². The second-order valence-electron chi connectivity index (χ2n) is 6.00. The van der Waals surface area contributed by atoms with Gasteiger partial charge in [-0.25, -0.2) is 4.98 Å². The van der Waals surface area contributed by atoms with Crippen molar-refractivity contribution >= 4 is 5.91 Å². The lowest BCUT2D eigenvalue weighted by Crippen LogP contribution is -2.44. The molecule has 1 unspecified atom stereocenters. The largest absolute Gasteiger partial charge is 0.465 e. The van der Waals surface area contributed by atoms with Crippen LogP contribution in [0.25, 0.3) is 0 Å². The first kappa shape index (κ1) is 16.4. The second kappa shape index (κ2) is 7.00. The maximum atomic E-state index is 12.3. The third-order valence-corrected chi connectivity index (χ3v) is 3.71. The molecule has 3 rings (SSSR count). The fraction of sp³-hybridized carbons (Fsp3) is 0.600. The molecule has 0 spiro atoms. The summed E-state index contributed by atoms with van der Waals surface area (Å²) >= 11 is 0. The van der Waals surface area contributed by atoms with Crippen molar-refractivity contribution in [3.8, 4) is 5.88 Å². The van der Waals surface area contributed by atoms with Gasteiger partial charge in [-0.15, -0.1) is 0 Å². The number of H-pyrrole nitrogens is 1. The number of amides is 1. The minimum Gasteiger partial charge on any atom is -0.465 e. The van der Waals surface area contributed by atoms with E-state index in [4.69, 9.17) is 14.0 Å². The summed E-state index contributed by atoms with van der Waals surface area (Å²) in [6.07, 6.45) is -0.308. The lowest BCUT2D eigenvalue weighted by atomic mass is 10.2. The van der Waals surface area contributed by atoms with Crippen molar-refractivity contribution in [1.29, 1.82) is 0 Å². The van der Waals surface area contributed by atoms with Crippen LogP contribution in [0.2, 0.25) is 0 Å². The molecule has 1 N–H and O–H groups in total. The van der Waals surface area contributed by atoms with Crippen molar-refractivity contribution in [3.05, 3.63) is 23.5 Å². The highest BCUT2D eigenvalue weighted by atomic mass is 16.5. The molecule has 1 atom stereocenters. The predicted octanol–water partition coefficient (Wildman–Crippen LogP) is 1.20. The van der Waals surface area contributed by atoms with E-state index in [1.165, 1.54) is 0 Å². The Morgan fingerprint density at radius 3 is 3.04 bits per heavy atom. The number of aromatic amines is 1. The van der Waals surface area contributed by atoms with E-state index < -0.39 is 0 Å². The first-order valence-corrected chi connectivity index (χ1v) is 7.90. The molecule has 9 heteroatoms. The van der Waals surface area contributed by atoms with Gasteiger partial charge in [0.25, 0.3) is 11.8 Å². The molecule has 1 fully saturated rings. The number of carbonyl (C=O) groups excluding carboxylic acids is 1. The normalized spacial score (nSPS) is 18.2. The van der Waals surface area contributed by atoms with E-state index in [2.05, 4.69) is 20.3 Å². The van der Waals surface area contributed by atoms with Gasteiger partial charge < -0.3 is 18.9 Å². The Morgan fingerprint density at radius 2 is 2.38 bits per heavy atom. The monoisotopic (exact) mass is 335 g/mol. The number of aryl methyl sites for hydroxylation is 1. The van der Waals surface area contributed by atoms with Gasteiger partial charge in [-0.05, 0) is 12.1 Å². The van der Waals surface area contributed by atoms with Gasteiger partial charge in [0.15, 0.2) is 18.3 Å². The Bertz CT molecular complexity index is 696. The zero-order chi connectivity index (χ0) is 17.1. The van der Waals surface area contributed by atoms with Gasteiger partial charge in [0.05, 0.1) is 13.2 Å². The van der Waals surface area contributed by atoms with Crippen LogP contribution in [0.15, 0.2) is 10.6 Å². The second-order valence-corrected chi connectivity index (χ2v) is 6.00. The minimum atomic E-state index is -0.308. The van der Waals surface area contributed by atoms with Crippen LogP contribution in [-0.4, -0.2) is 57.4 Å². The van der Waals surface area contributed by atoms with Gasteiger partial charge in [-0.1, -0.05) is 13.8 Å². The minimum absolute atomic E-state index is 0.0909. The molecule has 0 aromatic carbocycles. The smallest absolute Gasteiger partial charge is 0.260 e. The molecular formula is C15H21N5O4. The Hall–Kier alpha value is -2.42. The lowest BCUT2D eigenvalue weighted by Gasteiger charge is -2.31. The standard InChI is InChI=1S/C15H21N5O4/c1-9(2)14-16-15(18-17-14)11-7-20(4-5-22-11)13(21)8-23-12-6-10(3)24-19-12/h6,9,11H,4-5,7-8H2,1-3H3,(H,16,17,18). The summed E-state index contributed by atoms with van der Waals surface area (Å²) in [5.74, 6) is 2.42. The van der Waals surface area contributed by atoms with Gasteiger partial charge in [0.1, 0.15) is 11.9 Å². The van der Waals surface area contributed by atoms with Crippen LogP contribution in [-0.2, 0) is 9.53 Å². The number of carbonyl (C=O) groups is 1. The zero-order valence-corrected chi connectivity index (χ0v) is 14.0. The predicted molar refractivity (Wildman–Crippen MR) is 82.5 cm³/mol. The molecule has 2 aromatic heterocycles. The van der Waals surface area contributed by atoms with Crippen molar-refractivity contribution in [1.82, 2.24) is 25.2 Å². The summed E-state index contributed by atoms with van der Waals surface area (Å²) in [7, 11) is 0. The van der Waals surface area contributed by atoms with Gasteiger partial charge in [-0.3, -0.25) is 9.89 Å². The summed E-state index contributed by atoms with van der Waals surface area (Å²) < 4.78 is 16.0. The van der Waals surface area contributed by atoms with E-state index in [0.717, 1.165) is 5.82 Å². The molecule has 3 heterocycles. The van der Waals surface area contributed by atoms with E-state index >= 15 is 0 Å². The number of aromatic nitrogens is 4. The molecule has 0 saturated carbocycles. The zero-order valence-electron chi connectivity index (χ0n) is 14.0. The number of morpholine rings is 1. The Balaban J connectivity index is 1.56. The maximum absolute atomic E-state index is 12.3. The fourth-order valence-corrected chi connectivity index (χ4v) is 2.37. The van der Waals surface area contributed by atoms with E-state index in [1.54, 1.807) is 17.9 Å². The molecule has 1 amide bonds. The van der Waals surface area contributed by atoms with Gasteiger partial charge in [0, 0.05) is 18.5 Å². The van der Waals surface area contributed by atoms with Crippen molar-refractivity contribution in [3.63, 3.8) is 0 Å². The highest BCUT2D eigenvalue weighted by Crippen LogP contribution is 2.21. The van der Waals surface area contributed by atoms with Crippen molar-refractivity contribution in [2.75, 3.05) is 26.3 Å². The summed E-state index contributed by atoms with van der Waals surface area (Å²) in [5.41, 5.74) is 0. The molecular weight excluding hydrogens is 314 g/mol. The molecule has 0 aliphatic carbocycles. The van der Waals surface area contributed by atoms with Crippen LogP contribution < -0.4 is 4.74 Å². The molecule has 0 radical (unpaired) electrons. The first-order valence-electron chi connectivity index (χ1n) is 7.90. The van der Waals surface area contributed by atoms with Crippen LogP contribution in [0.1, 0.15) is 43.3 Å². The molecule has 24 heavy (non-hydrogen) atoms. The summed E-state index contributed by atoms with van der Waals surface area (Å²) in [4.78, 5) is 18.4. The lowest BCUT2D eigenvalue weighted by molar-refractivity contribution is -0.141. The number of nitrogens with one attached hydrogen (secondary N) is 1. The molecule has 1 aliphatic rings. The van der Waals surface area contributed by atoms with E-state index in [0.29, 0.717) is 37.2 Å². The highest BCUT2D eigenvalue weighted by molar-refractivity contribution is 5.77. The Morgan fingerprint density at radius 1 is 1.54 bits per heavy atom. The quantitative estimate of drug-likeness (QED) is 0.875. The summed E-state index contributed by atoms with van der Waals surface area (Å²) in [6.45, 7) is 7.08. The highest BCUT2D eigenvalue weighted by Gasteiger charge is 2.28. The molecule has 1 saturated heterocycles. The molecule has 0 bridgehead atoms. The van der Waals surface area contributed by atoms with Crippen LogP contribution >= 0.6 is 0 Å². The SMILES string of the molecule is Cc1cc(OCC(=O)N2CCOC(c3nc(C(C)C)n[nH]3)C2)no1. The Labute approximate surface area is 139 Å². The number of ether oxygens (including phenoxy) is 2. The number of nitrogens with zero attached hydrogens (tertiary/aromatic N) is 4. The van der Waals surface area contributed by atoms with Crippen molar-refractivity contribution in [2.45, 2.75) is 32.8 Å². The van der Waals surface area contributed by atoms with Crippen LogP contribution in [0.4, 0.5) is 0 Å². The van der Waals surface area contributed by atoms with E-state index in [1.807, 2.05) is 13.8 Å². The van der Waals surface area contributed by atoms with E-state index in [9.17, 15) is 4.79 Å². The van der Waals surface area contributed by atoms with Gasteiger partial charge in [-0.2, -0.15) is 5.10 Å². The van der Waals surface area contributed by atoms with Crippen LogP contribution in [0, 0.1) is 6.92 Å². The summed E-state index contributed by atoms with van der Waals surface area (Å²) in [6, 6.07) is 1.64. The Kier molecular flexibility index (Phi) is 4.79. The molecule has 2 aromatic rings.